The first-order chi connectivity index (χ1) is 11.9. The van der Waals surface area contributed by atoms with Gasteiger partial charge in [0.25, 0.3) is 5.91 Å². The van der Waals surface area contributed by atoms with Crippen LogP contribution in [0.3, 0.4) is 0 Å². The Morgan fingerprint density at radius 1 is 1.12 bits per heavy atom. The van der Waals surface area contributed by atoms with E-state index >= 15 is 0 Å². The van der Waals surface area contributed by atoms with E-state index in [9.17, 15) is 18.4 Å². The lowest BCUT2D eigenvalue weighted by Crippen LogP contribution is -2.15. The molecule has 0 saturated carbocycles. The van der Waals surface area contributed by atoms with Crippen LogP contribution in [-0.2, 0) is 0 Å². The second-order valence-corrected chi connectivity index (χ2v) is 5.33. The number of aryl methyl sites for hydroxylation is 1. The average molecular weight is 345 g/mol. The van der Waals surface area contributed by atoms with Gasteiger partial charge in [-0.15, -0.1) is 0 Å². The summed E-state index contributed by atoms with van der Waals surface area (Å²) in [5.41, 5.74) is 1.24. The number of carbonyl (C=O) groups is 1. The number of rotatable bonds is 4. The van der Waals surface area contributed by atoms with Crippen LogP contribution in [0.5, 0.6) is 5.75 Å². The lowest BCUT2D eigenvalue weighted by Gasteiger charge is -2.07. The zero-order chi connectivity index (χ0) is 18.0. The van der Waals surface area contributed by atoms with Gasteiger partial charge in [-0.2, -0.15) is 8.78 Å². The molecule has 1 amide bonds. The summed E-state index contributed by atoms with van der Waals surface area (Å²) < 4.78 is 33.9. The van der Waals surface area contributed by atoms with E-state index in [0.29, 0.717) is 16.7 Å². The van der Waals surface area contributed by atoms with E-state index < -0.39 is 12.5 Å². The van der Waals surface area contributed by atoms with E-state index in [-0.39, 0.29) is 16.9 Å². The van der Waals surface area contributed by atoms with Gasteiger partial charge in [-0.25, -0.2) is 0 Å². The molecule has 0 aliphatic heterocycles. The Kier molecular flexibility index (Phi) is 4.47. The highest BCUT2D eigenvalue weighted by Gasteiger charge is 2.13. The predicted molar refractivity (Wildman–Crippen MR) is 88.2 cm³/mol. The maximum Gasteiger partial charge on any atom is 0.387 e. The molecule has 3 rings (SSSR count). The number of carbonyl (C=O) groups excluding carboxylic acids is 1. The molecule has 25 heavy (non-hydrogen) atoms. The summed E-state index contributed by atoms with van der Waals surface area (Å²) in [5, 5.41) is 2.92. The van der Waals surface area contributed by atoms with Crippen LogP contribution >= 0.6 is 0 Å². The van der Waals surface area contributed by atoms with Crippen molar-refractivity contribution in [1.82, 2.24) is 0 Å². The molecule has 1 N–H and O–H groups in total. The summed E-state index contributed by atoms with van der Waals surface area (Å²) in [6, 6.07) is 11.6. The van der Waals surface area contributed by atoms with Crippen LogP contribution < -0.4 is 15.5 Å². The summed E-state index contributed by atoms with van der Waals surface area (Å²) in [6.45, 7) is -1.07. The Morgan fingerprint density at radius 3 is 2.52 bits per heavy atom. The second kappa shape index (κ2) is 6.72. The molecule has 0 fully saturated rings. The Bertz CT molecular complexity index is 981. The lowest BCUT2D eigenvalue weighted by atomic mass is 10.1. The number of hydrogen-bond acceptors (Lipinski definition) is 4. The Balaban J connectivity index is 1.82. The fraction of sp³-hybridized carbons (Fsp3) is 0.111. The van der Waals surface area contributed by atoms with Crippen molar-refractivity contribution in [3.05, 3.63) is 70.1 Å². The summed E-state index contributed by atoms with van der Waals surface area (Å²) in [5.74, 6) is -0.794. The molecule has 3 aromatic rings. The normalized spacial score (nSPS) is 10.9. The van der Waals surface area contributed by atoms with Gasteiger partial charge in [0.05, 0.1) is 5.39 Å². The minimum Gasteiger partial charge on any atom is -0.451 e. The van der Waals surface area contributed by atoms with Gasteiger partial charge in [0.2, 0.25) is 0 Å². The fourth-order valence-corrected chi connectivity index (χ4v) is 2.29. The Morgan fingerprint density at radius 2 is 1.84 bits per heavy atom. The van der Waals surface area contributed by atoms with E-state index in [0.717, 1.165) is 11.6 Å². The van der Waals surface area contributed by atoms with Gasteiger partial charge >= 0.3 is 6.61 Å². The third-order valence-corrected chi connectivity index (χ3v) is 3.44. The smallest absolute Gasteiger partial charge is 0.387 e. The van der Waals surface area contributed by atoms with Crippen LogP contribution in [0.2, 0.25) is 0 Å². The van der Waals surface area contributed by atoms with Crippen molar-refractivity contribution in [3.63, 3.8) is 0 Å². The Hall–Kier alpha value is -3.22. The van der Waals surface area contributed by atoms with Crippen molar-refractivity contribution in [2.45, 2.75) is 13.5 Å². The highest BCUT2D eigenvalue weighted by molar-refractivity contribution is 6.03. The fourth-order valence-electron chi connectivity index (χ4n) is 2.29. The minimum absolute atomic E-state index is 0.0272. The second-order valence-electron chi connectivity index (χ2n) is 5.33. The third-order valence-electron chi connectivity index (χ3n) is 3.44. The number of nitrogens with one attached hydrogen (secondary N) is 1. The van der Waals surface area contributed by atoms with Crippen LogP contribution in [0, 0.1) is 6.92 Å². The van der Waals surface area contributed by atoms with E-state index in [2.05, 4.69) is 10.1 Å². The largest absolute Gasteiger partial charge is 0.451 e. The van der Waals surface area contributed by atoms with Crippen LogP contribution in [0.15, 0.2) is 57.7 Å². The molecule has 2 aromatic carbocycles. The van der Waals surface area contributed by atoms with Crippen molar-refractivity contribution in [2.24, 2.45) is 0 Å². The molecule has 0 bridgehead atoms. The molecule has 0 radical (unpaired) electrons. The molecule has 0 spiro atoms. The number of benzene rings is 2. The maximum atomic E-state index is 12.2. The minimum atomic E-state index is -2.92. The molecule has 0 aliphatic carbocycles. The van der Waals surface area contributed by atoms with Crippen LogP contribution in [0.4, 0.5) is 14.5 Å². The number of ether oxygens (including phenoxy) is 1. The summed E-state index contributed by atoms with van der Waals surface area (Å²) in [4.78, 5) is 24.4. The number of alkyl halides is 2. The van der Waals surface area contributed by atoms with Gasteiger partial charge in [-0.1, -0.05) is 11.6 Å². The first-order valence-electron chi connectivity index (χ1n) is 7.33. The quantitative estimate of drug-likeness (QED) is 0.777. The zero-order valence-corrected chi connectivity index (χ0v) is 13.1. The SMILES string of the molecule is Cc1ccc2oc(C(=O)Nc3ccc(OC(F)F)cc3)cc(=O)c2c1. The average Bonchev–Trinajstić information content (AvgIpc) is 2.56. The maximum absolute atomic E-state index is 12.2. The number of amides is 1. The van der Waals surface area contributed by atoms with Gasteiger partial charge < -0.3 is 14.5 Å². The van der Waals surface area contributed by atoms with Crippen LogP contribution in [0.25, 0.3) is 11.0 Å². The van der Waals surface area contributed by atoms with Crippen molar-refractivity contribution in [2.75, 3.05) is 5.32 Å². The number of halogens is 2. The number of hydrogen-bond donors (Lipinski definition) is 1. The van der Waals surface area contributed by atoms with Gasteiger partial charge in [0, 0.05) is 11.8 Å². The highest BCUT2D eigenvalue weighted by atomic mass is 19.3. The van der Waals surface area contributed by atoms with Crippen LogP contribution in [-0.4, -0.2) is 12.5 Å². The molecule has 0 aliphatic rings. The molecule has 1 aromatic heterocycles. The van der Waals surface area contributed by atoms with Crippen molar-refractivity contribution >= 4 is 22.6 Å². The van der Waals surface area contributed by atoms with E-state index in [1.807, 2.05) is 6.92 Å². The molecular formula is C18H13F2NO4. The third kappa shape index (κ3) is 3.82. The van der Waals surface area contributed by atoms with Crippen molar-refractivity contribution in [3.8, 4) is 5.75 Å². The monoisotopic (exact) mass is 345 g/mol. The molecule has 0 unspecified atom stereocenters. The van der Waals surface area contributed by atoms with Gasteiger partial charge in [-0.05, 0) is 43.3 Å². The number of anilines is 1. The van der Waals surface area contributed by atoms with E-state index in [1.54, 1.807) is 18.2 Å². The van der Waals surface area contributed by atoms with Gasteiger partial charge in [0.15, 0.2) is 11.2 Å². The molecule has 128 valence electrons. The molecule has 0 atom stereocenters. The number of fused-ring (bicyclic) bond motifs is 1. The highest BCUT2D eigenvalue weighted by Crippen LogP contribution is 2.19. The van der Waals surface area contributed by atoms with Gasteiger partial charge in [0.1, 0.15) is 11.3 Å². The first kappa shape index (κ1) is 16.6. The topological polar surface area (TPSA) is 68.5 Å². The molecule has 7 heteroatoms. The molecule has 1 heterocycles. The van der Waals surface area contributed by atoms with Crippen LogP contribution in [0.1, 0.15) is 16.1 Å². The van der Waals surface area contributed by atoms with Crippen molar-refractivity contribution in [1.29, 1.82) is 0 Å². The van der Waals surface area contributed by atoms with E-state index in [4.69, 9.17) is 4.42 Å². The summed E-state index contributed by atoms with van der Waals surface area (Å²) >= 11 is 0. The molecule has 0 saturated heterocycles. The summed E-state index contributed by atoms with van der Waals surface area (Å²) in [7, 11) is 0. The van der Waals surface area contributed by atoms with Crippen molar-refractivity contribution < 1.29 is 22.7 Å². The molecular weight excluding hydrogens is 332 g/mol. The lowest BCUT2D eigenvalue weighted by molar-refractivity contribution is -0.0498. The summed E-state index contributed by atoms with van der Waals surface area (Å²) in [6.07, 6.45) is 0. The van der Waals surface area contributed by atoms with Gasteiger partial charge in [-0.3, -0.25) is 9.59 Å². The van der Waals surface area contributed by atoms with E-state index in [1.165, 1.54) is 24.3 Å². The standard InChI is InChI=1S/C18H13F2NO4/c1-10-2-7-15-13(8-10)14(22)9-16(25-15)17(23)21-11-3-5-12(6-4-11)24-18(19)20/h2-9,18H,1H3,(H,21,23). The first-order valence-corrected chi connectivity index (χ1v) is 7.33. The molecule has 5 nitrogen and oxygen atoms in total. The predicted octanol–water partition coefficient (Wildman–Crippen LogP) is 3.96. The zero-order valence-electron chi connectivity index (χ0n) is 13.1. The Labute approximate surface area is 140 Å².